The van der Waals surface area contributed by atoms with E-state index in [9.17, 15) is 48.8 Å². The highest BCUT2D eigenvalue weighted by Crippen LogP contribution is 2.37. The molecule has 0 heterocycles. The molecular formula is C31H43F2N3O14. The van der Waals surface area contributed by atoms with Crippen molar-refractivity contribution < 1.29 is 67.4 Å². The summed E-state index contributed by atoms with van der Waals surface area (Å²) in [5.74, 6) is -4.56. The van der Waals surface area contributed by atoms with Crippen molar-refractivity contribution in [1.29, 1.82) is 0 Å². The van der Waals surface area contributed by atoms with E-state index in [2.05, 4.69) is 15.0 Å². The fourth-order valence-corrected chi connectivity index (χ4v) is 4.79. The molecule has 1 saturated carbocycles. The molecule has 3 N–H and O–H groups in total. The lowest BCUT2D eigenvalue weighted by Gasteiger charge is -2.20. The van der Waals surface area contributed by atoms with Gasteiger partial charge in [-0.3, -0.25) is 4.79 Å². The summed E-state index contributed by atoms with van der Waals surface area (Å²) >= 11 is 0. The molecule has 0 aliphatic heterocycles. The summed E-state index contributed by atoms with van der Waals surface area (Å²) < 4.78 is 49.0. The second-order valence-electron chi connectivity index (χ2n) is 11.1. The van der Waals surface area contributed by atoms with Crippen molar-refractivity contribution in [2.75, 3.05) is 46.2 Å². The van der Waals surface area contributed by atoms with Gasteiger partial charge in [-0.05, 0) is 43.4 Å². The molecule has 0 spiro atoms. The summed E-state index contributed by atoms with van der Waals surface area (Å²) in [5.41, 5.74) is 0. The first-order chi connectivity index (χ1) is 23.9. The van der Waals surface area contributed by atoms with E-state index in [1.807, 2.05) is 0 Å². The number of nitrogens with zero attached hydrogens (tertiary/aromatic N) is 2. The van der Waals surface area contributed by atoms with E-state index in [0.29, 0.717) is 31.1 Å². The van der Waals surface area contributed by atoms with Crippen LogP contribution >= 0.6 is 0 Å². The maximum Gasteiger partial charge on any atom is 0.407 e. The number of alkyl halides is 2. The lowest BCUT2D eigenvalue weighted by atomic mass is 9.89. The summed E-state index contributed by atoms with van der Waals surface area (Å²) in [7, 11) is 0. The molecule has 0 saturated heterocycles. The summed E-state index contributed by atoms with van der Waals surface area (Å²) in [6, 6.07) is 8.22. The third-order valence-corrected chi connectivity index (χ3v) is 7.18. The van der Waals surface area contributed by atoms with Gasteiger partial charge in [0.2, 0.25) is 0 Å². The molecule has 1 aliphatic carbocycles. The van der Waals surface area contributed by atoms with E-state index in [4.69, 9.17) is 18.9 Å². The fourth-order valence-electron chi connectivity index (χ4n) is 4.79. The Balaban J connectivity index is 1.54. The highest BCUT2D eigenvalue weighted by Gasteiger charge is 2.40. The van der Waals surface area contributed by atoms with Crippen molar-refractivity contribution >= 4 is 12.1 Å². The molecule has 1 amide bonds. The van der Waals surface area contributed by atoms with Gasteiger partial charge in [0, 0.05) is 31.8 Å². The zero-order chi connectivity index (χ0) is 36.8. The van der Waals surface area contributed by atoms with Gasteiger partial charge in [-0.15, -0.1) is 20.2 Å². The van der Waals surface area contributed by atoms with Crippen molar-refractivity contribution in [2.24, 2.45) is 11.8 Å². The van der Waals surface area contributed by atoms with Crippen LogP contribution in [0, 0.1) is 32.1 Å². The maximum absolute atomic E-state index is 14.4. The van der Waals surface area contributed by atoms with Crippen molar-refractivity contribution in [3.63, 3.8) is 0 Å². The summed E-state index contributed by atoms with van der Waals surface area (Å²) in [4.78, 5) is 52.5. The van der Waals surface area contributed by atoms with Crippen LogP contribution < -0.4 is 10.1 Å². The molecule has 2 rings (SSSR count). The second-order valence-corrected chi connectivity index (χ2v) is 11.1. The minimum Gasteiger partial charge on any atom is -0.487 e. The lowest BCUT2D eigenvalue weighted by molar-refractivity contribution is -0.790. The number of carbonyl (C=O) groups excluding carboxylic acids is 2. The largest absolute Gasteiger partial charge is 0.487 e. The van der Waals surface area contributed by atoms with Crippen LogP contribution in [-0.4, -0.2) is 103 Å². The van der Waals surface area contributed by atoms with Gasteiger partial charge >= 0.3 is 12.1 Å². The quantitative estimate of drug-likeness (QED) is 0.0434. The number of para-hydroxylation sites is 1. The number of rotatable bonds is 25. The third-order valence-electron chi connectivity index (χ3n) is 7.18. The standard InChI is InChI=1S/C31H43F2N3O14/c32-31(33,22-48-23-9-4-3-5-10-23)14-13-26-25(27(37)19-28(26)38)11-6-1-2-7-12-29(39)46-18-15-34-30(40)47-17-8-16-45-20-24(50-36(43)44)21-49-35(41)42/h1,3-6,9-10,13-14,24-28,37-38H,2,7-8,11-12,15-22H2,(H,34,40)/b6-1-,14-13+/t24?,25-,26-,27+,28-/m1/s1. The van der Waals surface area contributed by atoms with Crippen molar-refractivity contribution in [3.05, 3.63) is 74.9 Å². The van der Waals surface area contributed by atoms with Gasteiger partial charge in [-0.1, -0.05) is 36.4 Å². The Morgan fingerprint density at radius 1 is 1.00 bits per heavy atom. The Kier molecular flexibility index (Phi) is 19.0. The summed E-state index contributed by atoms with van der Waals surface area (Å²) in [5, 5.41) is 41.5. The molecule has 1 aromatic carbocycles. The van der Waals surface area contributed by atoms with Crippen LogP contribution in [0.25, 0.3) is 0 Å². The normalized spacial score (nSPS) is 19.6. The molecule has 1 aliphatic rings. The number of nitrogens with one attached hydrogen (secondary N) is 1. The van der Waals surface area contributed by atoms with Gasteiger partial charge in [-0.2, -0.15) is 8.78 Å². The first-order valence-corrected chi connectivity index (χ1v) is 15.8. The molecule has 50 heavy (non-hydrogen) atoms. The molecule has 17 nitrogen and oxygen atoms in total. The maximum atomic E-state index is 14.4. The van der Waals surface area contributed by atoms with Crippen LogP contribution in [-0.2, 0) is 28.7 Å². The molecule has 280 valence electrons. The van der Waals surface area contributed by atoms with E-state index in [0.717, 1.165) is 0 Å². The Labute approximate surface area is 286 Å². The molecular weight excluding hydrogens is 676 g/mol. The molecule has 0 bridgehead atoms. The zero-order valence-corrected chi connectivity index (χ0v) is 27.2. The van der Waals surface area contributed by atoms with Gasteiger partial charge in [-0.25, -0.2) is 4.79 Å². The third kappa shape index (κ3) is 18.2. The number of aliphatic hydroxyl groups is 2. The minimum atomic E-state index is -3.27. The predicted molar refractivity (Wildman–Crippen MR) is 168 cm³/mol. The molecule has 0 radical (unpaired) electrons. The monoisotopic (exact) mass is 719 g/mol. The number of unbranched alkanes of at least 4 members (excludes halogenated alkanes) is 1. The van der Waals surface area contributed by atoms with Crippen LogP contribution in [0.4, 0.5) is 13.6 Å². The number of hydrogen-bond donors (Lipinski definition) is 3. The number of carbonyl (C=O) groups is 2. The van der Waals surface area contributed by atoms with Crippen LogP contribution in [0.3, 0.4) is 0 Å². The van der Waals surface area contributed by atoms with E-state index in [1.165, 1.54) is 6.08 Å². The molecule has 19 heteroatoms. The first-order valence-electron chi connectivity index (χ1n) is 15.8. The first kappa shape index (κ1) is 41.6. The average Bonchev–Trinajstić information content (AvgIpc) is 3.34. The van der Waals surface area contributed by atoms with Crippen molar-refractivity contribution in [2.45, 2.75) is 62.8 Å². The summed E-state index contributed by atoms with van der Waals surface area (Å²) in [6.45, 7) is -2.08. The van der Waals surface area contributed by atoms with Crippen LogP contribution in [0.15, 0.2) is 54.6 Å². The molecule has 5 atom stereocenters. The van der Waals surface area contributed by atoms with E-state index in [-0.39, 0.29) is 52.2 Å². The van der Waals surface area contributed by atoms with Crippen LogP contribution in [0.1, 0.15) is 38.5 Å². The number of aliphatic hydroxyl groups excluding tert-OH is 2. The molecule has 0 aromatic heterocycles. The minimum absolute atomic E-state index is 0.00546. The number of esters is 1. The zero-order valence-electron chi connectivity index (χ0n) is 27.2. The molecule has 1 unspecified atom stereocenters. The Bertz CT molecular complexity index is 1240. The highest BCUT2D eigenvalue weighted by molar-refractivity contribution is 5.69. The topological polar surface area (TPSA) is 228 Å². The second kappa shape index (κ2) is 22.9. The summed E-state index contributed by atoms with van der Waals surface area (Å²) in [6.07, 6.45) is 3.35. The van der Waals surface area contributed by atoms with Crippen LogP contribution in [0.5, 0.6) is 5.75 Å². The molecule has 1 fully saturated rings. The Morgan fingerprint density at radius 3 is 2.48 bits per heavy atom. The van der Waals surface area contributed by atoms with Gasteiger partial charge in [0.25, 0.3) is 16.1 Å². The number of hydrogen-bond acceptors (Lipinski definition) is 14. The van der Waals surface area contributed by atoms with Gasteiger partial charge in [0.1, 0.15) is 19.0 Å². The lowest BCUT2D eigenvalue weighted by Crippen LogP contribution is -2.30. The van der Waals surface area contributed by atoms with Gasteiger partial charge < -0.3 is 44.2 Å². The highest BCUT2D eigenvalue weighted by atomic mass is 19.3. The number of alkyl carbamates (subject to hydrolysis) is 1. The van der Waals surface area contributed by atoms with E-state index < -0.39 is 71.5 Å². The van der Waals surface area contributed by atoms with Crippen molar-refractivity contribution in [1.82, 2.24) is 5.32 Å². The Hall–Kier alpha value is -4.62. The van der Waals surface area contributed by atoms with Gasteiger partial charge in [0.05, 0.1) is 32.0 Å². The predicted octanol–water partition coefficient (Wildman–Crippen LogP) is 3.19. The smallest absolute Gasteiger partial charge is 0.407 e. The van der Waals surface area contributed by atoms with Crippen molar-refractivity contribution in [3.8, 4) is 5.75 Å². The Morgan fingerprint density at radius 2 is 1.76 bits per heavy atom. The van der Waals surface area contributed by atoms with E-state index in [1.54, 1.807) is 42.5 Å². The van der Waals surface area contributed by atoms with Crippen LogP contribution in [0.2, 0.25) is 0 Å². The number of allylic oxidation sites excluding steroid dienone is 2. The number of halogens is 2. The molecule has 1 aromatic rings. The number of amides is 1. The SMILES string of the molecule is O=C(CCC/C=C\C[C@@H]1[C@@H](/C=C/C(F)(F)COc2ccccc2)[C@H](O)C[C@@H]1O)OCCNC(=O)OCCCOCC(CO[N+](=O)[O-])O[N+](=O)[O-]. The number of benzene rings is 1. The van der Waals surface area contributed by atoms with Gasteiger partial charge in [0.15, 0.2) is 12.7 Å². The number of ether oxygens (including phenoxy) is 4. The fraction of sp³-hybridized carbons (Fsp3) is 0.613. The average molecular weight is 720 g/mol. The van der Waals surface area contributed by atoms with E-state index >= 15 is 0 Å².